The van der Waals surface area contributed by atoms with Gasteiger partial charge in [-0.15, -0.1) is 0 Å². The highest BCUT2D eigenvalue weighted by Crippen LogP contribution is 2.62. The molecular weight excluding hydrogens is 488 g/mol. The van der Waals surface area contributed by atoms with Gasteiger partial charge in [0.15, 0.2) is 5.60 Å². The number of hydrogen-bond acceptors (Lipinski definition) is 5. The highest BCUT2D eigenvalue weighted by Gasteiger charge is 2.66. The number of ketones is 1. The number of allylic oxidation sites excluding steroid dienone is 6. The molecule has 5 heteroatoms. The number of aliphatic hydroxyl groups excluding tert-OH is 2. The molecule has 1 saturated heterocycles. The third-order valence-corrected chi connectivity index (χ3v) is 11.2. The summed E-state index contributed by atoms with van der Waals surface area (Å²) in [6, 6.07) is 0. The number of Topliss-reactive ketones (excluding diaryl/α,β-unsaturated/α-hetero) is 1. The van der Waals surface area contributed by atoms with Gasteiger partial charge < -0.3 is 14.9 Å². The second-order valence-corrected chi connectivity index (χ2v) is 13.9. The van der Waals surface area contributed by atoms with Crippen LogP contribution in [0, 0.1) is 40.4 Å². The number of esters is 1. The van der Waals surface area contributed by atoms with Crippen LogP contribution in [0.2, 0.25) is 0 Å². The monoisotopic (exact) mass is 534 g/mol. The Bertz CT molecular complexity index is 1260. The Balaban J connectivity index is 1.82. The van der Waals surface area contributed by atoms with Crippen LogP contribution in [0.25, 0.3) is 0 Å². The normalized spacial score (nSPS) is 49.3. The molecule has 4 aliphatic carbocycles. The number of fused-ring (bicyclic) bond motifs is 4. The van der Waals surface area contributed by atoms with Crippen LogP contribution >= 0.6 is 0 Å². The molecule has 9 atom stereocenters. The zero-order valence-corrected chi connectivity index (χ0v) is 24.9. The standard InChI is InChI=1S/C34H46O5/c1-18-10-9-11-19(2)27-21(4)14-24-25(35)13-12-20(3)28(24)33(27,8)29(36)26-30(37)34(39-31(26)38)17-23(6)22(5)16-32(34,7)15-18/h11,14-16,20,23-25,27-28,35-36H,9-10,12-13,17H2,1-8H3/b18-15+,19-11+,29-26-/t20-,23+,24+,25-,27+,28+,32+,33+,34+/m0/s1. The van der Waals surface area contributed by atoms with E-state index in [2.05, 4.69) is 65.8 Å². The molecule has 1 saturated carbocycles. The number of aliphatic hydroxyl groups is 2. The molecule has 2 fully saturated rings. The molecule has 0 unspecified atom stereocenters. The lowest BCUT2D eigenvalue weighted by molar-refractivity contribution is -0.162. The maximum absolute atomic E-state index is 14.6. The van der Waals surface area contributed by atoms with Crippen molar-refractivity contribution in [3.8, 4) is 0 Å². The number of rotatable bonds is 0. The molecule has 212 valence electrons. The molecule has 2 N–H and O–H groups in total. The molecule has 2 bridgehead atoms. The summed E-state index contributed by atoms with van der Waals surface area (Å²) in [5, 5.41) is 23.5. The van der Waals surface area contributed by atoms with Gasteiger partial charge in [-0.2, -0.15) is 0 Å². The summed E-state index contributed by atoms with van der Waals surface area (Å²) < 4.78 is 6.20. The molecule has 5 nitrogen and oxygen atoms in total. The molecule has 39 heavy (non-hydrogen) atoms. The minimum absolute atomic E-state index is 0.0608. The van der Waals surface area contributed by atoms with Crippen LogP contribution in [0.15, 0.2) is 57.9 Å². The molecule has 1 spiro atoms. The van der Waals surface area contributed by atoms with Crippen molar-refractivity contribution in [1.29, 1.82) is 0 Å². The first-order chi connectivity index (χ1) is 18.2. The van der Waals surface area contributed by atoms with E-state index >= 15 is 0 Å². The van der Waals surface area contributed by atoms with E-state index in [1.165, 1.54) is 5.57 Å². The molecule has 5 aliphatic rings. The second-order valence-electron chi connectivity index (χ2n) is 13.9. The third-order valence-electron chi connectivity index (χ3n) is 11.2. The van der Waals surface area contributed by atoms with Crippen LogP contribution in [0.3, 0.4) is 0 Å². The molecule has 0 aromatic carbocycles. The van der Waals surface area contributed by atoms with Gasteiger partial charge in [0.1, 0.15) is 11.3 Å². The van der Waals surface area contributed by atoms with Crippen LogP contribution < -0.4 is 0 Å². The summed E-state index contributed by atoms with van der Waals surface area (Å²) in [5.41, 5.74) is 1.15. The Labute approximate surface area is 233 Å². The SMILES string of the molecule is CC1=C[C@@]2(C)/C=C(\C)CC/C=C(\C)[C@@H]3C(C)=C[C@H]4[C@@H]([C@@H](C)CC[C@@H]4O)[C@]3(C)/C(O)=C3/C(=O)O[C@]2(C[C@H]1C)C3=O. The van der Waals surface area contributed by atoms with Crippen molar-refractivity contribution in [2.75, 3.05) is 0 Å². The first-order valence-electron chi connectivity index (χ1n) is 14.8. The van der Waals surface area contributed by atoms with Crippen molar-refractivity contribution in [3.63, 3.8) is 0 Å². The predicted molar refractivity (Wildman–Crippen MR) is 153 cm³/mol. The zero-order chi connectivity index (χ0) is 28.7. The van der Waals surface area contributed by atoms with Crippen molar-refractivity contribution in [2.24, 2.45) is 40.4 Å². The van der Waals surface area contributed by atoms with E-state index in [-0.39, 0.29) is 40.9 Å². The fourth-order valence-corrected chi connectivity index (χ4v) is 9.27. The van der Waals surface area contributed by atoms with Crippen molar-refractivity contribution in [1.82, 2.24) is 0 Å². The second kappa shape index (κ2) is 9.33. The Kier molecular flexibility index (Phi) is 6.73. The Morgan fingerprint density at radius 2 is 1.67 bits per heavy atom. The maximum Gasteiger partial charge on any atom is 0.346 e. The van der Waals surface area contributed by atoms with E-state index in [4.69, 9.17) is 4.74 Å². The van der Waals surface area contributed by atoms with E-state index in [9.17, 15) is 19.8 Å². The van der Waals surface area contributed by atoms with Crippen molar-refractivity contribution in [3.05, 3.63) is 57.9 Å². The van der Waals surface area contributed by atoms with Crippen LogP contribution in [0.5, 0.6) is 0 Å². The summed E-state index contributed by atoms with van der Waals surface area (Å²) >= 11 is 0. The minimum atomic E-state index is -1.40. The lowest BCUT2D eigenvalue weighted by Crippen LogP contribution is -2.54. The van der Waals surface area contributed by atoms with Crippen LogP contribution in [-0.4, -0.2) is 33.7 Å². The van der Waals surface area contributed by atoms with Crippen molar-refractivity contribution >= 4 is 11.8 Å². The van der Waals surface area contributed by atoms with E-state index < -0.39 is 34.3 Å². The van der Waals surface area contributed by atoms with E-state index in [0.717, 1.165) is 36.0 Å². The van der Waals surface area contributed by atoms with Gasteiger partial charge in [-0.1, -0.05) is 67.4 Å². The zero-order valence-electron chi connectivity index (χ0n) is 24.9. The van der Waals surface area contributed by atoms with Gasteiger partial charge >= 0.3 is 5.97 Å². The Morgan fingerprint density at radius 3 is 2.36 bits per heavy atom. The van der Waals surface area contributed by atoms with E-state index in [0.29, 0.717) is 12.8 Å². The lowest BCUT2D eigenvalue weighted by atomic mass is 9.49. The molecule has 0 radical (unpaired) electrons. The van der Waals surface area contributed by atoms with Crippen LogP contribution in [0.4, 0.5) is 0 Å². The quantitative estimate of drug-likeness (QED) is 0.200. The van der Waals surface area contributed by atoms with E-state index in [1.54, 1.807) is 0 Å². The molecule has 0 amide bonds. The van der Waals surface area contributed by atoms with Gasteiger partial charge in [0.05, 0.1) is 11.5 Å². The van der Waals surface area contributed by atoms with Crippen LogP contribution in [0.1, 0.15) is 87.5 Å². The molecule has 0 aromatic heterocycles. The van der Waals surface area contributed by atoms with Crippen LogP contribution in [-0.2, 0) is 14.3 Å². The largest absolute Gasteiger partial charge is 0.511 e. The summed E-state index contributed by atoms with van der Waals surface area (Å²) in [6.07, 6.45) is 11.7. The molecule has 0 aromatic rings. The first-order valence-corrected chi connectivity index (χ1v) is 14.8. The van der Waals surface area contributed by atoms with Gasteiger partial charge in [-0.25, -0.2) is 4.79 Å². The smallest absolute Gasteiger partial charge is 0.346 e. The first kappa shape index (κ1) is 28.1. The average Bonchev–Trinajstić information content (AvgIpc) is 3.09. The Morgan fingerprint density at radius 1 is 0.974 bits per heavy atom. The predicted octanol–water partition coefficient (Wildman–Crippen LogP) is 6.95. The summed E-state index contributed by atoms with van der Waals surface area (Å²) in [4.78, 5) is 28.4. The van der Waals surface area contributed by atoms with Crippen molar-refractivity contribution in [2.45, 2.75) is 99.2 Å². The van der Waals surface area contributed by atoms with E-state index in [1.807, 2.05) is 13.8 Å². The number of carbonyl (C=O) groups excluding carboxylic acids is 2. The Hall–Kier alpha value is -2.40. The number of ether oxygens (including phenoxy) is 1. The fraction of sp³-hybridized carbons (Fsp3) is 0.647. The summed E-state index contributed by atoms with van der Waals surface area (Å²) in [7, 11) is 0. The molecular formula is C34H46O5. The fourth-order valence-electron chi connectivity index (χ4n) is 9.27. The number of hydrogen-bond donors (Lipinski definition) is 2. The topological polar surface area (TPSA) is 83.8 Å². The molecule has 1 aliphatic heterocycles. The van der Waals surface area contributed by atoms with Gasteiger partial charge in [-0.05, 0) is 78.1 Å². The average molecular weight is 535 g/mol. The summed E-state index contributed by atoms with van der Waals surface area (Å²) in [6.45, 7) is 16.6. The highest BCUT2D eigenvalue weighted by atomic mass is 16.6. The molecule has 5 rings (SSSR count). The van der Waals surface area contributed by atoms with Gasteiger partial charge in [0.2, 0.25) is 5.78 Å². The van der Waals surface area contributed by atoms with Gasteiger partial charge in [0, 0.05) is 23.7 Å². The van der Waals surface area contributed by atoms with Gasteiger partial charge in [0.25, 0.3) is 0 Å². The minimum Gasteiger partial charge on any atom is -0.511 e. The lowest BCUT2D eigenvalue weighted by Gasteiger charge is -2.55. The highest BCUT2D eigenvalue weighted by molar-refractivity contribution is 6.26. The maximum atomic E-state index is 14.6. The molecule has 1 heterocycles. The van der Waals surface area contributed by atoms with Crippen molar-refractivity contribution < 1.29 is 24.5 Å². The summed E-state index contributed by atoms with van der Waals surface area (Å²) in [5.74, 6) is -1.51. The third kappa shape index (κ3) is 3.89. The van der Waals surface area contributed by atoms with Gasteiger partial charge in [-0.3, -0.25) is 4.79 Å². The number of carbonyl (C=O) groups is 2.